The van der Waals surface area contributed by atoms with E-state index in [0.29, 0.717) is 5.92 Å². The Hall–Kier alpha value is -0.870. The van der Waals surface area contributed by atoms with Gasteiger partial charge in [-0.2, -0.15) is 0 Å². The standard InChI is InChI=1S/C17H25NO3/c1-10-5-8-17-13(10)14-11(6-7-16(17,2)21-17)12(9-18(3)4)15(19)20-14/h5,11-14H,6-9H2,1-4H3/t11-,12?,13+,14-,16-,17+/m0/s1. The third-order valence-corrected chi connectivity index (χ3v) is 6.32. The molecule has 1 unspecified atom stereocenters. The van der Waals surface area contributed by atoms with Gasteiger partial charge in [-0.3, -0.25) is 4.79 Å². The lowest BCUT2D eigenvalue weighted by Crippen LogP contribution is -2.38. The molecule has 0 aromatic carbocycles. The van der Waals surface area contributed by atoms with Crippen molar-refractivity contribution in [2.75, 3.05) is 20.6 Å². The molecule has 0 amide bonds. The van der Waals surface area contributed by atoms with Gasteiger partial charge in [0.15, 0.2) is 0 Å². The molecule has 2 aliphatic heterocycles. The molecule has 2 aliphatic carbocycles. The summed E-state index contributed by atoms with van der Waals surface area (Å²) in [5.41, 5.74) is 1.27. The number of esters is 1. The van der Waals surface area contributed by atoms with Crippen LogP contribution < -0.4 is 0 Å². The second-order valence-corrected chi connectivity index (χ2v) is 7.83. The third-order valence-electron chi connectivity index (χ3n) is 6.32. The quantitative estimate of drug-likeness (QED) is 0.443. The van der Waals surface area contributed by atoms with Gasteiger partial charge in [-0.15, -0.1) is 0 Å². The van der Waals surface area contributed by atoms with Crippen LogP contribution in [0.4, 0.5) is 0 Å². The van der Waals surface area contributed by atoms with Gasteiger partial charge in [-0.05, 0) is 47.2 Å². The maximum absolute atomic E-state index is 12.4. The average Bonchev–Trinajstić information content (AvgIpc) is 2.71. The number of carbonyl (C=O) groups excluding carboxylic acids is 1. The zero-order chi connectivity index (χ0) is 15.0. The van der Waals surface area contributed by atoms with E-state index in [1.54, 1.807) is 0 Å². The van der Waals surface area contributed by atoms with E-state index in [2.05, 4.69) is 24.8 Å². The zero-order valence-electron chi connectivity index (χ0n) is 13.4. The largest absolute Gasteiger partial charge is 0.461 e. The van der Waals surface area contributed by atoms with Crippen molar-refractivity contribution in [2.24, 2.45) is 17.8 Å². The summed E-state index contributed by atoms with van der Waals surface area (Å²) in [6, 6.07) is 0. The monoisotopic (exact) mass is 291 g/mol. The van der Waals surface area contributed by atoms with E-state index in [4.69, 9.17) is 9.47 Å². The molecule has 2 saturated heterocycles. The molecule has 0 aromatic heterocycles. The van der Waals surface area contributed by atoms with Crippen LogP contribution in [0.15, 0.2) is 11.6 Å². The van der Waals surface area contributed by atoms with Crippen LogP contribution in [0.25, 0.3) is 0 Å². The zero-order valence-corrected chi connectivity index (χ0v) is 13.4. The van der Waals surface area contributed by atoms with Crippen molar-refractivity contribution >= 4 is 5.97 Å². The molecule has 4 rings (SSSR count). The van der Waals surface area contributed by atoms with Crippen LogP contribution in [-0.4, -0.2) is 48.8 Å². The Morgan fingerprint density at radius 3 is 2.90 bits per heavy atom. The molecule has 4 nitrogen and oxygen atoms in total. The minimum Gasteiger partial charge on any atom is -0.461 e. The number of carbonyl (C=O) groups is 1. The molecule has 6 atom stereocenters. The molecule has 0 bridgehead atoms. The van der Waals surface area contributed by atoms with E-state index >= 15 is 0 Å². The van der Waals surface area contributed by atoms with E-state index in [1.165, 1.54) is 5.57 Å². The molecule has 1 saturated carbocycles. The van der Waals surface area contributed by atoms with Crippen LogP contribution in [0.1, 0.15) is 33.1 Å². The summed E-state index contributed by atoms with van der Waals surface area (Å²) in [6.45, 7) is 5.22. The molecule has 21 heavy (non-hydrogen) atoms. The molecular formula is C17H25NO3. The number of nitrogens with zero attached hydrogens (tertiary/aromatic N) is 1. The van der Waals surface area contributed by atoms with Gasteiger partial charge in [-0.25, -0.2) is 0 Å². The number of hydrogen-bond acceptors (Lipinski definition) is 4. The first-order chi connectivity index (χ1) is 9.88. The summed E-state index contributed by atoms with van der Waals surface area (Å²) in [5.74, 6) is 0.636. The first kappa shape index (κ1) is 13.8. The van der Waals surface area contributed by atoms with E-state index in [0.717, 1.165) is 25.8 Å². The van der Waals surface area contributed by atoms with Crippen molar-refractivity contribution < 1.29 is 14.3 Å². The molecule has 116 valence electrons. The fourth-order valence-electron chi connectivity index (χ4n) is 5.19. The van der Waals surface area contributed by atoms with Crippen molar-refractivity contribution in [3.8, 4) is 0 Å². The SMILES string of the molecule is CC1=CC[C@]23O[C@@]2(C)CC[C@H]2C(CN(C)C)C(=O)O[C@@H]2[C@@H]13. The summed E-state index contributed by atoms with van der Waals surface area (Å²) in [6.07, 6.45) is 5.39. The Morgan fingerprint density at radius 2 is 2.19 bits per heavy atom. The van der Waals surface area contributed by atoms with Gasteiger partial charge in [0.1, 0.15) is 11.7 Å². The minimum absolute atomic E-state index is 0.00203. The van der Waals surface area contributed by atoms with Gasteiger partial charge in [0.05, 0.1) is 11.5 Å². The highest BCUT2D eigenvalue weighted by molar-refractivity contribution is 5.76. The van der Waals surface area contributed by atoms with Gasteiger partial charge in [0.2, 0.25) is 0 Å². The predicted octanol–water partition coefficient (Wildman–Crippen LogP) is 1.99. The molecule has 0 aromatic rings. The number of hydrogen-bond donors (Lipinski definition) is 0. The highest BCUT2D eigenvalue weighted by Gasteiger charge is 2.75. The number of epoxide rings is 1. The molecular weight excluding hydrogens is 266 g/mol. The van der Waals surface area contributed by atoms with Crippen molar-refractivity contribution in [3.63, 3.8) is 0 Å². The number of rotatable bonds is 2. The Morgan fingerprint density at radius 1 is 1.43 bits per heavy atom. The van der Waals surface area contributed by atoms with Crippen molar-refractivity contribution in [1.29, 1.82) is 0 Å². The summed E-state index contributed by atoms with van der Waals surface area (Å²) < 4.78 is 12.1. The summed E-state index contributed by atoms with van der Waals surface area (Å²) >= 11 is 0. The highest BCUT2D eigenvalue weighted by Crippen LogP contribution is 2.67. The van der Waals surface area contributed by atoms with Gasteiger partial charge in [0, 0.05) is 18.4 Å². The van der Waals surface area contributed by atoms with Crippen molar-refractivity contribution in [2.45, 2.75) is 50.4 Å². The van der Waals surface area contributed by atoms with Crippen LogP contribution in [-0.2, 0) is 14.3 Å². The van der Waals surface area contributed by atoms with Gasteiger partial charge in [0.25, 0.3) is 0 Å². The maximum Gasteiger partial charge on any atom is 0.310 e. The Bertz CT molecular complexity index is 528. The minimum atomic E-state index is -0.0796. The van der Waals surface area contributed by atoms with Crippen molar-refractivity contribution in [3.05, 3.63) is 11.6 Å². The van der Waals surface area contributed by atoms with Crippen LogP contribution >= 0.6 is 0 Å². The second kappa shape index (κ2) is 4.11. The van der Waals surface area contributed by atoms with E-state index < -0.39 is 0 Å². The molecule has 2 heterocycles. The van der Waals surface area contributed by atoms with Crippen LogP contribution in [0.3, 0.4) is 0 Å². The van der Waals surface area contributed by atoms with E-state index in [9.17, 15) is 4.79 Å². The Kier molecular flexibility index (Phi) is 2.69. The highest BCUT2D eigenvalue weighted by atomic mass is 16.6. The Labute approximate surface area is 126 Å². The lowest BCUT2D eigenvalue weighted by atomic mass is 9.77. The summed E-state index contributed by atoms with van der Waals surface area (Å²) in [7, 11) is 4.06. The van der Waals surface area contributed by atoms with Crippen molar-refractivity contribution in [1.82, 2.24) is 4.90 Å². The molecule has 0 radical (unpaired) electrons. The normalized spacial score (nSPS) is 50.9. The molecule has 4 heteroatoms. The van der Waals surface area contributed by atoms with E-state index in [-0.39, 0.29) is 35.1 Å². The average molecular weight is 291 g/mol. The van der Waals surface area contributed by atoms with Gasteiger partial charge in [-0.1, -0.05) is 11.6 Å². The first-order valence-corrected chi connectivity index (χ1v) is 8.10. The number of ether oxygens (including phenoxy) is 2. The predicted molar refractivity (Wildman–Crippen MR) is 78.7 cm³/mol. The second-order valence-electron chi connectivity index (χ2n) is 7.83. The molecule has 1 spiro atoms. The summed E-state index contributed by atoms with van der Waals surface area (Å²) in [5, 5.41) is 0. The number of fused-ring (bicyclic) bond motifs is 2. The van der Waals surface area contributed by atoms with Gasteiger partial charge >= 0.3 is 5.97 Å². The fraction of sp³-hybridized carbons (Fsp3) is 0.824. The first-order valence-electron chi connectivity index (χ1n) is 8.10. The van der Waals surface area contributed by atoms with Crippen LogP contribution in [0.2, 0.25) is 0 Å². The molecule has 4 aliphatic rings. The third kappa shape index (κ3) is 1.66. The van der Waals surface area contributed by atoms with Crippen LogP contribution in [0, 0.1) is 17.8 Å². The van der Waals surface area contributed by atoms with Gasteiger partial charge < -0.3 is 14.4 Å². The van der Waals surface area contributed by atoms with Crippen LogP contribution in [0.5, 0.6) is 0 Å². The lowest BCUT2D eigenvalue weighted by molar-refractivity contribution is -0.146. The molecule has 3 fully saturated rings. The topological polar surface area (TPSA) is 42.1 Å². The fourth-order valence-corrected chi connectivity index (χ4v) is 5.19. The maximum atomic E-state index is 12.4. The Balaban J connectivity index is 1.69. The molecule has 0 N–H and O–H groups in total. The summed E-state index contributed by atoms with van der Waals surface area (Å²) in [4.78, 5) is 14.5. The van der Waals surface area contributed by atoms with E-state index in [1.807, 2.05) is 14.1 Å². The lowest BCUT2D eigenvalue weighted by Gasteiger charge is -2.28. The smallest absolute Gasteiger partial charge is 0.310 e.